The molecular formula is C16H17N3. The number of pyridine rings is 1. The topological polar surface area (TPSA) is 48.7 Å². The highest BCUT2D eigenvalue weighted by Crippen LogP contribution is 2.27. The molecule has 19 heavy (non-hydrogen) atoms. The van der Waals surface area contributed by atoms with Crippen LogP contribution < -0.4 is 5.32 Å². The van der Waals surface area contributed by atoms with E-state index in [4.69, 9.17) is 5.26 Å². The fraction of sp³-hybridized carbons (Fsp3) is 0.375. The number of hydrogen-bond donors (Lipinski definition) is 1. The Hall–Kier alpha value is -1.92. The molecule has 1 aliphatic heterocycles. The van der Waals surface area contributed by atoms with Gasteiger partial charge in [0.15, 0.2) is 0 Å². The minimum Gasteiger partial charge on any atom is -0.310 e. The van der Waals surface area contributed by atoms with Crippen molar-refractivity contribution < 1.29 is 0 Å². The van der Waals surface area contributed by atoms with Crippen LogP contribution in [0.5, 0.6) is 0 Å². The molecule has 1 saturated heterocycles. The Morgan fingerprint density at radius 2 is 2.11 bits per heavy atom. The molecule has 0 aliphatic carbocycles. The van der Waals surface area contributed by atoms with Crippen LogP contribution >= 0.6 is 0 Å². The predicted molar refractivity (Wildman–Crippen MR) is 75.6 cm³/mol. The maximum Gasteiger partial charge on any atom is 0.141 e. The van der Waals surface area contributed by atoms with Crippen LogP contribution in [0.4, 0.5) is 0 Å². The molecule has 3 rings (SSSR count). The van der Waals surface area contributed by atoms with E-state index in [9.17, 15) is 0 Å². The molecule has 1 aromatic heterocycles. The van der Waals surface area contributed by atoms with E-state index in [0.717, 1.165) is 23.4 Å². The van der Waals surface area contributed by atoms with Gasteiger partial charge in [-0.3, -0.25) is 0 Å². The molecule has 3 nitrogen and oxygen atoms in total. The van der Waals surface area contributed by atoms with E-state index in [1.807, 2.05) is 6.07 Å². The van der Waals surface area contributed by atoms with E-state index in [1.165, 1.54) is 18.4 Å². The summed E-state index contributed by atoms with van der Waals surface area (Å²) in [5.74, 6) is 0.764. The smallest absolute Gasteiger partial charge is 0.141 e. The van der Waals surface area contributed by atoms with Crippen LogP contribution in [0, 0.1) is 17.2 Å². The van der Waals surface area contributed by atoms with Crippen molar-refractivity contribution in [2.45, 2.75) is 25.8 Å². The fourth-order valence-electron chi connectivity index (χ4n) is 2.70. The Morgan fingerprint density at radius 1 is 1.26 bits per heavy atom. The van der Waals surface area contributed by atoms with Gasteiger partial charge in [0.1, 0.15) is 11.8 Å². The number of fused-ring (bicyclic) bond motifs is 1. The predicted octanol–water partition coefficient (Wildman–Crippen LogP) is 3.17. The summed E-state index contributed by atoms with van der Waals surface area (Å²) in [4.78, 5) is 4.38. The van der Waals surface area contributed by atoms with Gasteiger partial charge in [-0.1, -0.05) is 19.1 Å². The van der Waals surface area contributed by atoms with Crippen LogP contribution in [0.25, 0.3) is 10.9 Å². The van der Waals surface area contributed by atoms with Gasteiger partial charge in [-0.2, -0.15) is 5.26 Å². The summed E-state index contributed by atoms with van der Waals surface area (Å²) < 4.78 is 0. The summed E-state index contributed by atoms with van der Waals surface area (Å²) in [6.45, 7) is 3.36. The molecule has 1 aliphatic rings. The van der Waals surface area contributed by atoms with Crippen LogP contribution in [-0.4, -0.2) is 11.5 Å². The third-order valence-electron chi connectivity index (χ3n) is 3.89. The van der Waals surface area contributed by atoms with Crippen LogP contribution in [0.1, 0.15) is 37.1 Å². The lowest BCUT2D eigenvalue weighted by molar-refractivity contribution is 0.333. The molecule has 1 N–H and O–H groups in total. The molecule has 0 radical (unpaired) electrons. The Bertz CT molecular complexity index is 634. The lowest BCUT2D eigenvalue weighted by atomic mass is 9.91. The van der Waals surface area contributed by atoms with Gasteiger partial charge in [-0.05, 0) is 49.1 Å². The summed E-state index contributed by atoms with van der Waals surface area (Å²) in [7, 11) is 0. The molecule has 0 spiro atoms. The summed E-state index contributed by atoms with van der Waals surface area (Å²) in [5, 5.41) is 13.6. The number of aromatic nitrogens is 1. The molecule has 0 unspecified atom stereocenters. The van der Waals surface area contributed by atoms with Gasteiger partial charge in [0, 0.05) is 11.4 Å². The van der Waals surface area contributed by atoms with E-state index in [1.54, 1.807) is 6.07 Å². The number of nitrogens with one attached hydrogen (secondary N) is 1. The van der Waals surface area contributed by atoms with Crippen molar-refractivity contribution in [3.8, 4) is 6.07 Å². The zero-order chi connectivity index (χ0) is 13.2. The molecular weight excluding hydrogens is 234 g/mol. The quantitative estimate of drug-likeness (QED) is 0.847. The zero-order valence-corrected chi connectivity index (χ0v) is 11.1. The van der Waals surface area contributed by atoms with Gasteiger partial charge in [-0.25, -0.2) is 4.98 Å². The molecule has 0 bridgehead atoms. The number of piperidine rings is 1. The first-order valence-corrected chi connectivity index (χ1v) is 6.80. The second-order valence-corrected chi connectivity index (χ2v) is 5.40. The lowest BCUT2D eigenvalue weighted by Crippen LogP contribution is -2.31. The third-order valence-corrected chi connectivity index (χ3v) is 3.89. The highest BCUT2D eigenvalue weighted by atomic mass is 14.9. The molecule has 3 heteroatoms. The first-order chi connectivity index (χ1) is 9.26. The minimum absolute atomic E-state index is 0.424. The van der Waals surface area contributed by atoms with Gasteiger partial charge >= 0.3 is 0 Å². The summed E-state index contributed by atoms with van der Waals surface area (Å²) in [6.07, 6.45) is 2.44. The average Bonchev–Trinajstić information content (AvgIpc) is 2.47. The van der Waals surface area contributed by atoms with E-state index in [0.29, 0.717) is 11.7 Å². The average molecular weight is 251 g/mol. The third kappa shape index (κ3) is 2.45. The largest absolute Gasteiger partial charge is 0.310 e. The van der Waals surface area contributed by atoms with Crippen molar-refractivity contribution in [3.63, 3.8) is 0 Å². The molecule has 0 saturated carbocycles. The van der Waals surface area contributed by atoms with Crippen LogP contribution in [0.2, 0.25) is 0 Å². The Labute approximate surface area is 113 Å². The van der Waals surface area contributed by atoms with E-state index in [-0.39, 0.29) is 0 Å². The Balaban J connectivity index is 1.94. The maximum atomic E-state index is 8.92. The fourth-order valence-corrected chi connectivity index (χ4v) is 2.70. The van der Waals surface area contributed by atoms with E-state index >= 15 is 0 Å². The van der Waals surface area contributed by atoms with Crippen LogP contribution in [0.15, 0.2) is 30.3 Å². The first-order valence-electron chi connectivity index (χ1n) is 6.80. The Kier molecular flexibility index (Phi) is 3.18. The standard InChI is InChI=1S/C16H17N3/c1-11-2-7-15(18-10-11)13-4-3-12-5-6-14(9-17)19-16(12)8-13/h3-6,8,11,15,18H,2,7,10H2,1H3/t11-,15+/m0/s1. The van der Waals surface area contributed by atoms with E-state index in [2.05, 4.69) is 41.5 Å². The second-order valence-electron chi connectivity index (χ2n) is 5.40. The number of benzene rings is 1. The number of rotatable bonds is 1. The van der Waals surface area contributed by atoms with Gasteiger partial charge in [0.05, 0.1) is 5.52 Å². The monoisotopic (exact) mass is 251 g/mol. The molecule has 2 heterocycles. The van der Waals surface area contributed by atoms with Crippen LogP contribution in [-0.2, 0) is 0 Å². The van der Waals surface area contributed by atoms with Crippen molar-refractivity contribution >= 4 is 10.9 Å². The Morgan fingerprint density at radius 3 is 2.84 bits per heavy atom. The molecule has 2 aromatic rings. The summed E-state index contributed by atoms with van der Waals surface area (Å²) in [5.41, 5.74) is 2.67. The second kappa shape index (κ2) is 4.99. The normalized spacial score (nSPS) is 23.2. The highest BCUT2D eigenvalue weighted by molar-refractivity contribution is 5.79. The van der Waals surface area contributed by atoms with E-state index < -0.39 is 0 Å². The van der Waals surface area contributed by atoms with Crippen molar-refractivity contribution in [1.29, 1.82) is 5.26 Å². The first kappa shape index (κ1) is 12.1. The molecule has 0 amide bonds. The van der Waals surface area contributed by atoms with Gasteiger partial charge < -0.3 is 5.32 Å². The van der Waals surface area contributed by atoms with Gasteiger partial charge in [0.25, 0.3) is 0 Å². The number of nitrogens with zero attached hydrogens (tertiary/aromatic N) is 2. The zero-order valence-electron chi connectivity index (χ0n) is 11.1. The molecule has 96 valence electrons. The molecule has 1 aromatic carbocycles. The molecule has 1 fully saturated rings. The number of hydrogen-bond acceptors (Lipinski definition) is 3. The van der Waals surface area contributed by atoms with Crippen molar-refractivity contribution in [3.05, 3.63) is 41.6 Å². The van der Waals surface area contributed by atoms with Crippen molar-refractivity contribution in [1.82, 2.24) is 10.3 Å². The minimum atomic E-state index is 0.424. The van der Waals surface area contributed by atoms with Gasteiger partial charge in [-0.15, -0.1) is 0 Å². The SMILES string of the molecule is C[C@H]1CC[C@H](c2ccc3ccc(C#N)nc3c2)NC1. The highest BCUT2D eigenvalue weighted by Gasteiger charge is 2.19. The van der Waals surface area contributed by atoms with Gasteiger partial charge in [0.2, 0.25) is 0 Å². The van der Waals surface area contributed by atoms with Crippen LogP contribution in [0.3, 0.4) is 0 Å². The number of nitriles is 1. The lowest BCUT2D eigenvalue weighted by Gasteiger charge is -2.28. The summed E-state index contributed by atoms with van der Waals surface area (Å²) in [6, 6.07) is 12.6. The summed E-state index contributed by atoms with van der Waals surface area (Å²) >= 11 is 0. The van der Waals surface area contributed by atoms with Crippen molar-refractivity contribution in [2.24, 2.45) is 5.92 Å². The molecule has 2 atom stereocenters. The van der Waals surface area contributed by atoms with Crippen molar-refractivity contribution in [2.75, 3.05) is 6.54 Å². The maximum absolute atomic E-state index is 8.92.